The Balaban J connectivity index is 3.57. The zero-order valence-corrected chi connectivity index (χ0v) is 8.04. The fourth-order valence-electron chi connectivity index (χ4n) is 0.264. The van der Waals surface area contributed by atoms with Gasteiger partial charge in [0.15, 0.2) is 0 Å². The number of hydrogen-bond donors (Lipinski definition) is 3. The Kier molecular flexibility index (Phi) is 14.8. The third-order valence-corrected chi connectivity index (χ3v) is 0.612. The van der Waals surface area contributed by atoms with Crippen molar-refractivity contribution in [3.63, 3.8) is 0 Å². The summed E-state index contributed by atoms with van der Waals surface area (Å²) in [6.45, 7) is -2.13. The van der Waals surface area contributed by atoms with Crippen LogP contribution in [0.1, 0.15) is 0 Å². The molecule has 0 atom stereocenters. The largest absolute Gasteiger partial charge is 0.365 e. The summed E-state index contributed by atoms with van der Waals surface area (Å²) in [5, 5.41) is 62.4. The molecule has 18 heteroatoms. The molecule has 0 radical (unpaired) electrons. The standard InChI is InChI=1S/CH4O18/c2-8-11-5-1(6-12-16-18-14-9-3)7-13-17-19-15-10-4/h1-4H. The highest BCUT2D eigenvalue weighted by atomic mass is 17.9. The van der Waals surface area contributed by atoms with Crippen molar-refractivity contribution < 1.29 is 90.9 Å². The topological polar surface area (TPSA) is 199 Å². The molecule has 0 fully saturated rings. The van der Waals surface area contributed by atoms with E-state index in [1.807, 2.05) is 0 Å². The lowest BCUT2D eigenvalue weighted by atomic mass is 11.3. The molecule has 0 aromatic heterocycles. The third-order valence-electron chi connectivity index (χ3n) is 0.612. The van der Waals surface area contributed by atoms with E-state index in [2.05, 4.69) is 75.1 Å². The summed E-state index contributed by atoms with van der Waals surface area (Å²) in [5.74, 6) is 0. The van der Waals surface area contributed by atoms with Crippen molar-refractivity contribution in [2.75, 3.05) is 0 Å². The zero-order valence-electron chi connectivity index (χ0n) is 8.04. The minimum atomic E-state index is -2.13. The van der Waals surface area contributed by atoms with Gasteiger partial charge >= 0.3 is 6.48 Å². The molecule has 0 bridgehead atoms. The van der Waals surface area contributed by atoms with Gasteiger partial charge in [0.25, 0.3) is 0 Å². The van der Waals surface area contributed by atoms with Crippen LogP contribution in [-0.2, 0) is 75.1 Å². The minimum Gasteiger partial charge on any atom is -0.219 e. The molecule has 0 aromatic rings. The Morgan fingerprint density at radius 1 is 0.421 bits per heavy atom. The third kappa shape index (κ3) is 13.5. The van der Waals surface area contributed by atoms with Crippen molar-refractivity contribution in [2.45, 2.75) is 6.48 Å². The maximum atomic E-state index is 7.72. The van der Waals surface area contributed by atoms with Crippen molar-refractivity contribution >= 4 is 0 Å². The molecule has 18 nitrogen and oxygen atoms in total. The first-order chi connectivity index (χ1) is 9.35. The zero-order chi connectivity index (χ0) is 14.2. The molecule has 3 N–H and O–H groups in total. The summed E-state index contributed by atoms with van der Waals surface area (Å²) in [5.41, 5.74) is 0. The molecule has 116 valence electrons. The van der Waals surface area contributed by atoms with Crippen LogP contribution in [0.5, 0.6) is 0 Å². The monoisotopic (exact) mass is 304 g/mol. The lowest BCUT2D eigenvalue weighted by Crippen LogP contribution is -2.22. The van der Waals surface area contributed by atoms with Crippen molar-refractivity contribution in [3.05, 3.63) is 0 Å². The van der Waals surface area contributed by atoms with Crippen molar-refractivity contribution in [2.24, 2.45) is 0 Å². The highest BCUT2D eigenvalue weighted by Gasteiger charge is 2.17. The van der Waals surface area contributed by atoms with Gasteiger partial charge in [-0.3, -0.25) is 0 Å². The van der Waals surface area contributed by atoms with E-state index in [1.165, 1.54) is 0 Å². The Morgan fingerprint density at radius 3 is 1.21 bits per heavy atom. The van der Waals surface area contributed by atoms with Crippen LogP contribution in [0.2, 0.25) is 0 Å². The van der Waals surface area contributed by atoms with Crippen LogP contribution in [0.15, 0.2) is 0 Å². The van der Waals surface area contributed by atoms with Crippen molar-refractivity contribution in [1.82, 2.24) is 0 Å². The summed E-state index contributed by atoms with van der Waals surface area (Å²) in [4.78, 5) is 11.6. The van der Waals surface area contributed by atoms with E-state index in [9.17, 15) is 0 Å². The quantitative estimate of drug-likeness (QED) is 0.142. The van der Waals surface area contributed by atoms with Gasteiger partial charge in [0.05, 0.1) is 0 Å². The van der Waals surface area contributed by atoms with Gasteiger partial charge in [-0.2, -0.15) is 0 Å². The molecule has 0 rings (SSSR count). The average molecular weight is 304 g/mol. The van der Waals surface area contributed by atoms with Crippen LogP contribution in [0.3, 0.4) is 0 Å². The van der Waals surface area contributed by atoms with Gasteiger partial charge in [-0.15, -0.1) is 14.7 Å². The molecule has 0 saturated heterocycles. The lowest BCUT2D eigenvalue weighted by Gasteiger charge is -2.09. The van der Waals surface area contributed by atoms with E-state index in [0.29, 0.717) is 0 Å². The Bertz CT molecular complexity index is 142. The Morgan fingerprint density at radius 2 is 0.789 bits per heavy atom. The van der Waals surface area contributed by atoms with E-state index in [1.54, 1.807) is 0 Å². The summed E-state index contributed by atoms with van der Waals surface area (Å²) < 4.78 is 0. The fraction of sp³-hybridized carbons (Fsp3) is 1.00. The van der Waals surface area contributed by atoms with Gasteiger partial charge in [0, 0.05) is 0 Å². The Hall–Kier alpha value is -0.720. The van der Waals surface area contributed by atoms with E-state index in [4.69, 9.17) is 15.8 Å². The second-order valence-electron chi connectivity index (χ2n) is 1.41. The smallest absolute Gasteiger partial charge is 0.219 e. The molecule has 0 spiro atoms. The molecule has 0 aliphatic rings. The molecule has 0 aliphatic carbocycles. The maximum absolute atomic E-state index is 7.72. The van der Waals surface area contributed by atoms with Gasteiger partial charge in [-0.25, -0.2) is 15.8 Å². The number of rotatable bonds is 15. The summed E-state index contributed by atoms with van der Waals surface area (Å²) >= 11 is 0. The second kappa shape index (κ2) is 15.3. The van der Waals surface area contributed by atoms with Gasteiger partial charge < -0.3 is 0 Å². The minimum absolute atomic E-state index is 2.13. The SMILES string of the molecule is OOOOOOOC(OOOO)OOOOOOO. The Labute approximate surface area is 98.8 Å². The van der Waals surface area contributed by atoms with E-state index >= 15 is 0 Å². The predicted molar refractivity (Wildman–Crippen MR) is 27.9 cm³/mol. The maximum Gasteiger partial charge on any atom is 0.365 e. The van der Waals surface area contributed by atoms with Crippen LogP contribution in [-0.4, -0.2) is 22.2 Å². The molecule has 0 saturated carbocycles. The van der Waals surface area contributed by atoms with E-state index < -0.39 is 6.48 Å². The average Bonchev–Trinajstić information content (AvgIpc) is 2.43. The molecule has 0 unspecified atom stereocenters. The van der Waals surface area contributed by atoms with Gasteiger partial charge in [-0.05, 0) is 60.5 Å². The predicted octanol–water partition coefficient (Wildman–Crippen LogP) is -1.08. The first-order valence-corrected chi connectivity index (χ1v) is 3.25. The molecule has 0 aromatic carbocycles. The summed E-state index contributed by atoms with van der Waals surface area (Å²) in [6, 6.07) is 0. The lowest BCUT2D eigenvalue weighted by molar-refractivity contribution is -0.829. The van der Waals surface area contributed by atoms with Crippen LogP contribution in [0, 0.1) is 0 Å². The molecular formula is CH4O18. The highest BCUT2D eigenvalue weighted by molar-refractivity contribution is 3.95. The summed E-state index contributed by atoms with van der Waals surface area (Å²) in [6.07, 6.45) is 0. The molecule has 0 heterocycles. The molecule has 0 amide bonds. The molecular weight excluding hydrogens is 300 g/mol. The fourth-order valence-corrected chi connectivity index (χ4v) is 0.264. The first-order valence-electron chi connectivity index (χ1n) is 3.25. The second-order valence-corrected chi connectivity index (χ2v) is 1.41. The normalized spacial score (nSPS) is 11.4. The van der Waals surface area contributed by atoms with Gasteiger partial charge in [-0.1, -0.05) is 0 Å². The van der Waals surface area contributed by atoms with Crippen molar-refractivity contribution in [1.29, 1.82) is 0 Å². The van der Waals surface area contributed by atoms with E-state index in [0.717, 1.165) is 0 Å². The highest BCUT2D eigenvalue weighted by Crippen LogP contribution is 2.02. The van der Waals surface area contributed by atoms with Crippen molar-refractivity contribution in [3.8, 4) is 0 Å². The molecule has 19 heavy (non-hydrogen) atoms. The summed E-state index contributed by atoms with van der Waals surface area (Å²) in [7, 11) is 0. The van der Waals surface area contributed by atoms with Crippen LogP contribution < -0.4 is 0 Å². The van der Waals surface area contributed by atoms with Gasteiger partial charge in [0.1, 0.15) is 0 Å². The van der Waals surface area contributed by atoms with Crippen LogP contribution in [0.4, 0.5) is 0 Å². The first kappa shape index (κ1) is 18.3. The van der Waals surface area contributed by atoms with Crippen LogP contribution in [0.25, 0.3) is 0 Å². The molecule has 0 aliphatic heterocycles. The number of hydrogen-bond acceptors (Lipinski definition) is 18. The van der Waals surface area contributed by atoms with Gasteiger partial charge in [0.2, 0.25) is 0 Å². The van der Waals surface area contributed by atoms with E-state index in [-0.39, 0.29) is 0 Å². The van der Waals surface area contributed by atoms with Crippen LogP contribution >= 0.6 is 0 Å².